The van der Waals surface area contributed by atoms with Crippen molar-refractivity contribution in [3.63, 3.8) is 0 Å². The van der Waals surface area contributed by atoms with E-state index in [1.807, 2.05) is 0 Å². The third-order valence-corrected chi connectivity index (χ3v) is 4.94. The van der Waals surface area contributed by atoms with E-state index in [-0.39, 0.29) is 11.0 Å². The van der Waals surface area contributed by atoms with Gasteiger partial charge >= 0.3 is 0 Å². The van der Waals surface area contributed by atoms with Gasteiger partial charge < -0.3 is 10.1 Å². The van der Waals surface area contributed by atoms with Gasteiger partial charge in [0.05, 0.1) is 21.8 Å². The zero-order valence-electron chi connectivity index (χ0n) is 14.8. The third kappa shape index (κ3) is 6.96. The molecule has 144 valence electrons. The normalized spacial score (nSPS) is 10.6. The molecule has 1 amide bonds. The summed E-state index contributed by atoms with van der Waals surface area (Å²) in [6.45, 7) is 4.90. The van der Waals surface area contributed by atoms with Gasteiger partial charge in [-0.2, -0.15) is 0 Å². The Morgan fingerprint density at radius 1 is 1.22 bits per heavy atom. The molecule has 4 nitrogen and oxygen atoms in total. The number of hydrogen-bond donors (Lipinski definition) is 2. The van der Waals surface area contributed by atoms with Gasteiger partial charge in [0.25, 0.3) is 5.91 Å². The SMILES string of the molecule is CC(C)CCOc1ccc(C(=O)NC(=S)Nc2cc(Cl)ccc2Cl)cc1Br. The Bertz CT molecular complexity index is 846. The van der Waals surface area contributed by atoms with Crippen LogP contribution in [-0.4, -0.2) is 17.6 Å². The minimum Gasteiger partial charge on any atom is -0.492 e. The van der Waals surface area contributed by atoms with Crippen LogP contribution in [0.1, 0.15) is 30.6 Å². The lowest BCUT2D eigenvalue weighted by Crippen LogP contribution is -2.34. The summed E-state index contributed by atoms with van der Waals surface area (Å²) < 4.78 is 6.43. The first-order valence-corrected chi connectivity index (χ1v) is 10.2. The number of hydrogen-bond acceptors (Lipinski definition) is 3. The second-order valence-corrected chi connectivity index (χ2v) is 8.31. The van der Waals surface area contributed by atoms with Crippen molar-refractivity contribution in [2.45, 2.75) is 20.3 Å². The number of benzene rings is 2. The number of carbonyl (C=O) groups excluding carboxylic acids is 1. The van der Waals surface area contributed by atoms with Crippen molar-refractivity contribution >= 4 is 68.1 Å². The monoisotopic (exact) mass is 488 g/mol. The maximum Gasteiger partial charge on any atom is 0.257 e. The van der Waals surface area contributed by atoms with Crippen LogP contribution in [0.2, 0.25) is 10.0 Å². The van der Waals surface area contributed by atoms with Crippen LogP contribution in [0.3, 0.4) is 0 Å². The van der Waals surface area contributed by atoms with Crippen molar-refractivity contribution in [2.24, 2.45) is 5.92 Å². The molecule has 8 heteroatoms. The summed E-state index contributed by atoms with van der Waals surface area (Å²) in [5.41, 5.74) is 0.962. The van der Waals surface area contributed by atoms with Crippen LogP contribution < -0.4 is 15.4 Å². The van der Waals surface area contributed by atoms with Crippen LogP contribution in [0, 0.1) is 5.92 Å². The maximum absolute atomic E-state index is 12.4. The van der Waals surface area contributed by atoms with E-state index in [4.69, 9.17) is 40.2 Å². The van der Waals surface area contributed by atoms with Gasteiger partial charge in [0, 0.05) is 10.6 Å². The fourth-order valence-corrected chi connectivity index (χ4v) is 3.12. The average Bonchev–Trinajstić information content (AvgIpc) is 2.59. The second-order valence-electron chi connectivity index (χ2n) is 6.21. The van der Waals surface area contributed by atoms with Crippen molar-refractivity contribution in [1.82, 2.24) is 5.32 Å². The van der Waals surface area contributed by atoms with Crippen LogP contribution in [-0.2, 0) is 0 Å². The molecule has 2 rings (SSSR count). The molecule has 27 heavy (non-hydrogen) atoms. The molecule has 0 aliphatic carbocycles. The van der Waals surface area contributed by atoms with Crippen molar-refractivity contribution in [3.05, 3.63) is 56.5 Å². The first kappa shape index (κ1) is 22.0. The first-order valence-electron chi connectivity index (χ1n) is 8.26. The number of thiocarbonyl (C=S) groups is 1. The van der Waals surface area contributed by atoms with E-state index < -0.39 is 0 Å². The molecule has 0 aliphatic rings. The highest BCUT2D eigenvalue weighted by atomic mass is 79.9. The van der Waals surface area contributed by atoms with Crippen LogP contribution in [0.5, 0.6) is 5.75 Å². The highest BCUT2D eigenvalue weighted by Crippen LogP contribution is 2.27. The van der Waals surface area contributed by atoms with E-state index >= 15 is 0 Å². The van der Waals surface area contributed by atoms with Gasteiger partial charge in [0.1, 0.15) is 5.75 Å². The fraction of sp³-hybridized carbons (Fsp3) is 0.263. The molecule has 0 aliphatic heterocycles. The molecule has 0 bridgehead atoms. The van der Waals surface area contributed by atoms with Gasteiger partial charge in [0.15, 0.2) is 5.11 Å². The highest BCUT2D eigenvalue weighted by Gasteiger charge is 2.12. The first-order chi connectivity index (χ1) is 12.8. The van der Waals surface area contributed by atoms with Gasteiger partial charge in [-0.3, -0.25) is 10.1 Å². The number of carbonyl (C=O) groups is 1. The molecule has 0 atom stereocenters. The summed E-state index contributed by atoms with van der Waals surface area (Å²) in [5.74, 6) is 0.911. The van der Waals surface area contributed by atoms with E-state index in [1.54, 1.807) is 36.4 Å². The summed E-state index contributed by atoms with van der Waals surface area (Å²) in [5, 5.41) is 6.55. The molecule has 0 unspecified atom stereocenters. The predicted octanol–water partition coefficient (Wildman–Crippen LogP) is 6.31. The number of halogens is 3. The number of amides is 1. The topological polar surface area (TPSA) is 50.4 Å². The summed E-state index contributed by atoms with van der Waals surface area (Å²) in [6.07, 6.45) is 0.959. The average molecular weight is 490 g/mol. The van der Waals surface area contributed by atoms with E-state index in [0.717, 1.165) is 6.42 Å². The lowest BCUT2D eigenvalue weighted by molar-refractivity contribution is 0.0977. The molecule has 2 N–H and O–H groups in total. The summed E-state index contributed by atoms with van der Waals surface area (Å²) in [6, 6.07) is 10.1. The van der Waals surface area contributed by atoms with E-state index in [0.29, 0.717) is 44.0 Å². The van der Waals surface area contributed by atoms with Gasteiger partial charge in [-0.25, -0.2) is 0 Å². The van der Waals surface area contributed by atoms with Crippen molar-refractivity contribution in [3.8, 4) is 5.75 Å². The van der Waals surface area contributed by atoms with Gasteiger partial charge in [0.2, 0.25) is 0 Å². The quantitative estimate of drug-likeness (QED) is 0.467. The number of anilines is 1. The predicted molar refractivity (Wildman–Crippen MR) is 119 cm³/mol. The van der Waals surface area contributed by atoms with Crippen LogP contribution in [0.4, 0.5) is 5.69 Å². The molecular weight excluding hydrogens is 471 g/mol. The lowest BCUT2D eigenvalue weighted by atomic mass is 10.1. The fourth-order valence-electron chi connectivity index (χ4n) is 2.09. The van der Waals surface area contributed by atoms with Gasteiger partial charge in [-0.15, -0.1) is 0 Å². The molecule has 0 aromatic heterocycles. The van der Waals surface area contributed by atoms with Crippen molar-refractivity contribution < 1.29 is 9.53 Å². The Morgan fingerprint density at radius 2 is 1.96 bits per heavy atom. The number of rotatable bonds is 6. The Hall–Kier alpha value is -1.34. The highest BCUT2D eigenvalue weighted by molar-refractivity contribution is 9.10. The van der Waals surface area contributed by atoms with E-state index in [2.05, 4.69) is 40.4 Å². The Labute approximate surface area is 182 Å². The molecule has 0 radical (unpaired) electrons. The molecule has 0 fully saturated rings. The molecular formula is C19H19BrCl2N2O2S. The Balaban J connectivity index is 1.97. The van der Waals surface area contributed by atoms with Gasteiger partial charge in [-0.05, 0) is 76.9 Å². The smallest absolute Gasteiger partial charge is 0.257 e. The molecule has 0 saturated heterocycles. The zero-order chi connectivity index (χ0) is 20.0. The molecule has 2 aromatic carbocycles. The largest absolute Gasteiger partial charge is 0.492 e. The Kier molecular flexibility index (Phi) is 8.35. The molecule has 0 saturated carbocycles. The minimum atomic E-state index is -0.347. The van der Waals surface area contributed by atoms with E-state index in [1.165, 1.54) is 0 Å². The van der Waals surface area contributed by atoms with E-state index in [9.17, 15) is 4.79 Å². The number of nitrogens with one attached hydrogen (secondary N) is 2. The van der Waals surface area contributed by atoms with Crippen LogP contribution >= 0.6 is 51.3 Å². The standard InChI is InChI=1S/C19H19BrCl2N2O2S/c1-11(2)7-8-26-17-6-3-12(9-14(17)20)18(25)24-19(27)23-16-10-13(21)4-5-15(16)22/h3-6,9-11H,7-8H2,1-2H3,(H2,23,24,25,27). The van der Waals surface area contributed by atoms with Crippen LogP contribution in [0.15, 0.2) is 40.9 Å². The minimum absolute atomic E-state index is 0.123. The molecule has 0 spiro atoms. The summed E-state index contributed by atoms with van der Waals surface area (Å²) >= 11 is 20.6. The zero-order valence-corrected chi connectivity index (χ0v) is 18.7. The Morgan fingerprint density at radius 3 is 2.63 bits per heavy atom. The number of ether oxygens (including phenoxy) is 1. The molecule has 2 aromatic rings. The van der Waals surface area contributed by atoms with Crippen molar-refractivity contribution in [1.29, 1.82) is 0 Å². The summed E-state index contributed by atoms with van der Waals surface area (Å²) in [7, 11) is 0. The van der Waals surface area contributed by atoms with Crippen molar-refractivity contribution in [2.75, 3.05) is 11.9 Å². The lowest BCUT2D eigenvalue weighted by Gasteiger charge is -2.13. The van der Waals surface area contributed by atoms with Crippen LogP contribution in [0.25, 0.3) is 0 Å². The van der Waals surface area contributed by atoms with Gasteiger partial charge in [-0.1, -0.05) is 37.0 Å². The molecule has 0 heterocycles. The summed E-state index contributed by atoms with van der Waals surface area (Å²) in [4.78, 5) is 12.4. The maximum atomic E-state index is 12.4. The second kappa shape index (κ2) is 10.3. The third-order valence-electron chi connectivity index (χ3n) is 3.55.